The highest BCUT2D eigenvalue weighted by molar-refractivity contribution is 6.32. The second-order valence-electron chi connectivity index (χ2n) is 4.34. The van der Waals surface area contributed by atoms with Crippen LogP contribution in [0.4, 0.5) is 0 Å². The first-order valence-electron chi connectivity index (χ1n) is 6.04. The monoisotopic (exact) mass is 321 g/mol. The zero-order valence-electron chi connectivity index (χ0n) is 10.6. The Morgan fingerprint density at radius 3 is 2.52 bits per heavy atom. The van der Waals surface area contributed by atoms with Crippen molar-refractivity contribution in [2.24, 2.45) is 0 Å². The van der Waals surface area contributed by atoms with Crippen molar-refractivity contribution in [2.45, 2.75) is 0 Å². The lowest BCUT2D eigenvalue weighted by atomic mass is 10.2. The molecule has 3 aromatic rings. The molecule has 1 heterocycles. The Morgan fingerprint density at radius 2 is 1.86 bits per heavy atom. The van der Waals surface area contributed by atoms with Gasteiger partial charge in [-0.05, 0) is 30.3 Å². The molecule has 0 fully saturated rings. The van der Waals surface area contributed by atoms with Crippen LogP contribution in [0.15, 0.2) is 48.5 Å². The fourth-order valence-electron chi connectivity index (χ4n) is 2.09. The van der Waals surface area contributed by atoms with Crippen LogP contribution in [0.5, 0.6) is 11.5 Å². The van der Waals surface area contributed by atoms with E-state index in [1.807, 2.05) is 6.07 Å². The maximum absolute atomic E-state index is 11.5. The molecule has 0 spiro atoms. The van der Waals surface area contributed by atoms with Gasteiger partial charge in [0.15, 0.2) is 11.4 Å². The molecule has 0 aliphatic carbocycles. The third-order valence-electron chi connectivity index (χ3n) is 2.99. The second-order valence-corrected chi connectivity index (χ2v) is 5.11. The number of aromatic carboxylic acids is 1. The van der Waals surface area contributed by atoms with E-state index in [4.69, 9.17) is 28.1 Å². The van der Waals surface area contributed by atoms with E-state index >= 15 is 0 Å². The summed E-state index contributed by atoms with van der Waals surface area (Å²) >= 11 is 12.1. The number of aromatic nitrogens is 1. The Labute approximate surface area is 130 Å². The summed E-state index contributed by atoms with van der Waals surface area (Å²) in [7, 11) is 0. The molecule has 0 saturated carbocycles. The first-order chi connectivity index (χ1) is 10.1. The summed E-state index contributed by atoms with van der Waals surface area (Å²) < 4.78 is 6.78. The molecular weight excluding hydrogens is 313 g/mol. The quantitative estimate of drug-likeness (QED) is 0.754. The second kappa shape index (κ2) is 5.31. The number of ether oxygens (including phenoxy) is 1. The first-order valence-corrected chi connectivity index (χ1v) is 6.76. The summed E-state index contributed by atoms with van der Waals surface area (Å²) in [6.45, 7) is 0. The highest BCUT2D eigenvalue weighted by Gasteiger charge is 2.24. The number of carboxylic acid groups (broad SMARTS) is 1. The summed E-state index contributed by atoms with van der Waals surface area (Å²) in [4.78, 5) is 11.5. The SMILES string of the molecule is O=C(O)c1c(Oc2ccccc2)c2cc(Cl)ccc2n1Cl. The topological polar surface area (TPSA) is 51.5 Å². The Bertz CT molecular complexity index is 828. The summed E-state index contributed by atoms with van der Waals surface area (Å²) in [5.41, 5.74) is 0.377. The van der Waals surface area contributed by atoms with Crippen LogP contribution in [0.25, 0.3) is 10.9 Å². The van der Waals surface area contributed by atoms with Crippen molar-refractivity contribution in [1.82, 2.24) is 4.09 Å². The minimum absolute atomic E-state index is 0.141. The van der Waals surface area contributed by atoms with Gasteiger partial charge in [-0.15, -0.1) is 0 Å². The number of para-hydroxylation sites is 1. The smallest absolute Gasteiger partial charge is 0.357 e. The zero-order chi connectivity index (χ0) is 15.0. The number of carbonyl (C=O) groups is 1. The number of nitrogens with zero attached hydrogens (tertiary/aromatic N) is 1. The minimum Gasteiger partial charge on any atom is -0.476 e. The van der Waals surface area contributed by atoms with E-state index in [1.54, 1.807) is 42.5 Å². The van der Waals surface area contributed by atoms with Gasteiger partial charge in [-0.25, -0.2) is 8.88 Å². The molecule has 1 N–H and O–H groups in total. The summed E-state index contributed by atoms with van der Waals surface area (Å²) in [5.74, 6) is -0.492. The van der Waals surface area contributed by atoms with E-state index in [0.717, 1.165) is 4.09 Å². The van der Waals surface area contributed by atoms with Crippen LogP contribution >= 0.6 is 23.4 Å². The van der Waals surface area contributed by atoms with Crippen LogP contribution in [0, 0.1) is 0 Å². The number of hydrogen-bond acceptors (Lipinski definition) is 2. The van der Waals surface area contributed by atoms with Gasteiger partial charge in [-0.3, -0.25) is 0 Å². The highest BCUT2D eigenvalue weighted by Crippen LogP contribution is 2.38. The van der Waals surface area contributed by atoms with Gasteiger partial charge >= 0.3 is 5.97 Å². The fourth-order valence-corrected chi connectivity index (χ4v) is 2.56. The van der Waals surface area contributed by atoms with Crippen molar-refractivity contribution in [1.29, 1.82) is 0 Å². The van der Waals surface area contributed by atoms with Crippen LogP contribution in [-0.2, 0) is 0 Å². The lowest BCUT2D eigenvalue weighted by Crippen LogP contribution is -2.02. The van der Waals surface area contributed by atoms with Crippen LogP contribution in [0.1, 0.15) is 10.5 Å². The Hall–Kier alpha value is -2.17. The van der Waals surface area contributed by atoms with Gasteiger partial charge in [0.05, 0.1) is 5.52 Å². The largest absolute Gasteiger partial charge is 0.476 e. The van der Waals surface area contributed by atoms with Crippen molar-refractivity contribution in [2.75, 3.05) is 0 Å². The molecule has 0 bridgehead atoms. The van der Waals surface area contributed by atoms with Crippen LogP contribution < -0.4 is 4.74 Å². The molecule has 21 heavy (non-hydrogen) atoms. The molecule has 0 unspecified atom stereocenters. The molecule has 0 aliphatic rings. The maximum Gasteiger partial charge on any atom is 0.357 e. The number of hydrogen-bond donors (Lipinski definition) is 1. The van der Waals surface area contributed by atoms with Crippen LogP contribution in [-0.4, -0.2) is 15.2 Å². The predicted molar refractivity (Wildman–Crippen MR) is 81.7 cm³/mol. The van der Waals surface area contributed by atoms with Crippen LogP contribution in [0.3, 0.4) is 0 Å². The third kappa shape index (κ3) is 2.44. The number of rotatable bonds is 3. The molecule has 0 aliphatic heterocycles. The van der Waals surface area contributed by atoms with E-state index in [0.29, 0.717) is 21.7 Å². The standard InChI is InChI=1S/C15H9Cl2NO3/c16-9-6-7-12-11(8-9)14(13(15(19)20)18(12)17)21-10-4-2-1-3-5-10/h1-8H,(H,19,20). The van der Waals surface area contributed by atoms with Crippen molar-refractivity contribution < 1.29 is 14.6 Å². The summed E-state index contributed by atoms with van der Waals surface area (Å²) in [5, 5.41) is 10.4. The normalized spacial score (nSPS) is 10.8. The lowest BCUT2D eigenvalue weighted by molar-refractivity contribution is 0.0687. The van der Waals surface area contributed by atoms with Crippen molar-refractivity contribution in [3.05, 3.63) is 59.2 Å². The average molecular weight is 322 g/mol. The molecule has 3 rings (SSSR count). The van der Waals surface area contributed by atoms with Gasteiger partial charge in [-0.2, -0.15) is 0 Å². The summed E-state index contributed by atoms with van der Waals surface area (Å²) in [6, 6.07) is 13.8. The van der Waals surface area contributed by atoms with Crippen molar-refractivity contribution in [3.8, 4) is 11.5 Å². The Morgan fingerprint density at radius 1 is 1.14 bits per heavy atom. The van der Waals surface area contributed by atoms with Gasteiger partial charge in [0.1, 0.15) is 5.75 Å². The predicted octanol–water partition coefficient (Wildman–Crippen LogP) is 4.79. The Balaban J connectivity index is 2.25. The molecule has 0 atom stereocenters. The van der Waals surface area contributed by atoms with Gasteiger partial charge in [0, 0.05) is 22.2 Å². The Kier molecular flexibility index (Phi) is 3.49. The van der Waals surface area contributed by atoms with E-state index in [1.165, 1.54) is 0 Å². The van der Waals surface area contributed by atoms with E-state index in [2.05, 4.69) is 0 Å². The molecule has 106 valence electrons. The minimum atomic E-state index is -1.18. The molecular formula is C15H9Cl2NO3. The van der Waals surface area contributed by atoms with E-state index in [9.17, 15) is 9.90 Å². The highest BCUT2D eigenvalue weighted by atomic mass is 35.5. The number of carboxylic acids is 1. The summed E-state index contributed by atoms with van der Waals surface area (Å²) in [6.07, 6.45) is 0. The molecule has 4 nitrogen and oxygen atoms in total. The fraction of sp³-hybridized carbons (Fsp3) is 0. The number of halogens is 2. The third-order valence-corrected chi connectivity index (χ3v) is 3.58. The van der Waals surface area contributed by atoms with Crippen molar-refractivity contribution >= 4 is 40.2 Å². The molecule has 0 amide bonds. The molecule has 6 heteroatoms. The molecule has 0 saturated heterocycles. The first kappa shape index (κ1) is 13.8. The van der Waals surface area contributed by atoms with Crippen LogP contribution in [0.2, 0.25) is 5.02 Å². The van der Waals surface area contributed by atoms with Gasteiger partial charge in [0.2, 0.25) is 0 Å². The molecule has 0 radical (unpaired) electrons. The number of fused-ring (bicyclic) bond motifs is 1. The molecule has 2 aromatic carbocycles. The van der Waals surface area contributed by atoms with E-state index < -0.39 is 5.97 Å². The molecule has 1 aromatic heterocycles. The lowest BCUT2D eigenvalue weighted by Gasteiger charge is -2.05. The average Bonchev–Trinajstić information content (AvgIpc) is 2.72. The maximum atomic E-state index is 11.5. The van der Waals surface area contributed by atoms with Crippen molar-refractivity contribution in [3.63, 3.8) is 0 Å². The van der Waals surface area contributed by atoms with Gasteiger partial charge in [0.25, 0.3) is 0 Å². The van der Waals surface area contributed by atoms with E-state index in [-0.39, 0.29) is 11.4 Å². The van der Waals surface area contributed by atoms with Gasteiger partial charge in [-0.1, -0.05) is 29.8 Å². The van der Waals surface area contributed by atoms with Gasteiger partial charge < -0.3 is 9.84 Å². The number of benzene rings is 2. The zero-order valence-corrected chi connectivity index (χ0v) is 12.1.